The third-order valence-electron chi connectivity index (χ3n) is 3.67. The summed E-state index contributed by atoms with van der Waals surface area (Å²) in [7, 11) is 2.13. The molecule has 1 aromatic heterocycles. The van der Waals surface area contributed by atoms with Gasteiger partial charge in [0.2, 0.25) is 0 Å². The van der Waals surface area contributed by atoms with E-state index in [0.717, 1.165) is 34.5 Å². The van der Waals surface area contributed by atoms with Crippen LogP contribution >= 0.6 is 11.8 Å². The first-order chi connectivity index (χ1) is 9.71. The van der Waals surface area contributed by atoms with Gasteiger partial charge in [-0.1, -0.05) is 25.1 Å². The number of thioether (sulfide) groups is 1. The van der Waals surface area contributed by atoms with Gasteiger partial charge in [0.05, 0.1) is 17.8 Å². The van der Waals surface area contributed by atoms with Crippen LogP contribution in [-0.2, 0) is 6.61 Å². The summed E-state index contributed by atoms with van der Waals surface area (Å²) in [5.41, 5.74) is 2.82. The summed E-state index contributed by atoms with van der Waals surface area (Å²) in [4.78, 5) is 6.81. The highest BCUT2D eigenvalue weighted by atomic mass is 32.2. The first-order valence-electron chi connectivity index (χ1n) is 6.92. The SMILES string of the molecule is CCC(CSC)N(C)c1cc(CO)nc2ccccc12. The summed E-state index contributed by atoms with van der Waals surface area (Å²) >= 11 is 1.87. The molecule has 1 heterocycles. The Kier molecular flexibility index (Phi) is 5.26. The molecule has 0 saturated carbocycles. The molecule has 0 spiro atoms. The normalized spacial score (nSPS) is 12.6. The van der Waals surface area contributed by atoms with E-state index < -0.39 is 0 Å². The maximum Gasteiger partial charge on any atom is 0.0854 e. The largest absolute Gasteiger partial charge is 0.390 e. The summed E-state index contributed by atoms with van der Waals surface area (Å²) in [6.07, 6.45) is 3.24. The van der Waals surface area contributed by atoms with E-state index in [1.807, 2.05) is 36.0 Å². The molecule has 1 atom stereocenters. The standard InChI is InChI=1S/C16H22N2OS/c1-4-13(11-20-3)18(2)16-9-12(10-19)17-15-8-6-5-7-14(15)16/h5-9,13,19H,4,10-11H2,1-3H3. The Labute approximate surface area is 125 Å². The van der Waals surface area contributed by atoms with Crippen molar-refractivity contribution in [3.63, 3.8) is 0 Å². The van der Waals surface area contributed by atoms with Crippen LogP contribution in [0.1, 0.15) is 19.0 Å². The maximum atomic E-state index is 9.42. The number of nitrogens with zero attached hydrogens (tertiary/aromatic N) is 2. The molecule has 0 fully saturated rings. The first-order valence-corrected chi connectivity index (χ1v) is 8.32. The molecule has 20 heavy (non-hydrogen) atoms. The van der Waals surface area contributed by atoms with Crippen LogP contribution in [0, 0.1) is 0 Å². The van der Waals surface area contributed by atoms with Gasteiger partial charge in [0, 0.05) is 29.9 Å². The zero-order valence-electron chi connectivity index (χ0n) is 12.3. The molecule has 0 radical (unpaired) electrons. The quantitative estimate of drug-likeness (QED) is 0.885. The molecule has 0 saturated heterocycles. The number of pyridine rings is 1. The van der Waals surface area contributed by atoms with Gasteiger partial charge < -0.3 is 10.0 Å². The van der Waals surface area contributed by atoms with Crippen molar-refractivity contribution in [3.8, 4) is 0 Å². The van der Waals surface area contributed by atoms with Crippen molar-refractivity contribution in [2.24, 2.45) is 0 Å². The maximum absolute atomic E-state index is 9.42. The summed E-state index contributed by atoms with van der Waals surface area (Å²) < 4.78 is 0. The average Bonchev–Trinajstić information content (AvgIpc) is 2.50. The molecule has 1 aromatic carbocycles. The van der Waals surface area contributed by atoms with Gasteiger partial charge in [0.1, 0.15) is 0 Å². The molecule has 3 nitrogen and oxygen atoms in total. The number of hydrogen-bond donors (Lipinski definition) is 1. The lowest BCUT2D eigenvalue weighted by Crippen LogP contribution is -2.33. The third-order valence-corrected chi connectivity index (χ3v) is 4.39. The number of hydrogen-bond acceptors (Lipinski definition) is 4. The Morgan fingerprint density at radius 1 is 1.35 bits per heavy atom. The van der Waals surface area contributed by atoms with E-state index in [-0.39, 0.29) is 6.61 Å². The fourth-order valence-corrected chi connectivity index (χ4v) is 3.32. The highest BCUT2D eigenvalue weighted by molar-refractivity contribution is 7.98. The van der Waals surface area contributed by atoms with Crippen molar-refractivity contribution in [1.29, 1.82) is 0 Å². The van der Waals surface area contributed by atoms with Crippen molar-refractivity contribution in [2.45, 2.75) is 26.0 Å². The van der Waals surface area contributed by atoms with E-state index in [9.17, 15) is 5.11 Å². The molecule has 1 N–H and O–H groups in total. The molecule has 2 aromatic rings. The van der Waals surface area contributed by atoms with Crippen LogP contribution in [0.15, 0.2) is 30.3 Å². The number of benzene rings is 1. The lowest BCUT2D eigenvalue weighted by Gasteiger charge is -2.30. The van der Waals surface area contributed by atoms with Crippen LogP contribution in [0.2, 0.25) is 0 Å². The van der Waals surface area contributed by atoms with Crippen LogP contribution in [0.4, 0.5) is 5.69 Å². The molecule has 4 heteroatoms. The minimum absolute atomic E-state index is 0.0228. The van der Waals surface area contributed by atoms with Crippen molar-refractivity contribution in [2.75, 3.05) is 24.0 Å². The average molecular weight is 290 g/mol. The van der Waals surface area contributed by atoms with E-state index in [1.54, 1.807) is 0 Å². The molecule has 0 amide bonds. The lowest BCUT2D eigenvalue weighted by molar-refractivity contribution is 0.277. The van der Waals surface area contributed by atoms with E-state index in [0.29, 0.717) is 6.04 Å². The molecule has 2 rings (SSSR count). The number of para-hydroxylation sites is 1. The van der Waals surface area contributed by atoms with Crippen LogP contribution in [0.3, 0.4) is 0 Å². The van der Waals surface area contributed by atoms with Gasteiger partial charge in [0.15, 0.2) is 0 Å². The number of aliphatic hydroxyl groups is 1. The molecule has 108 valence electrons. The number of fused-ring (bicyclic) bond motifs is 1. The highest BCUT2D eigenvalue weighted by Crippen LogP contribution is 2.28. The minimum atomic E-state index is -0.0228. The van der Waals surface area contributed by atoms with Gasteiger partial charge in [-0.2, -0.15) is 11.8 Å². The van der Waals surface area contributed by atoms with E-state index in [4.69, 9.17) is 0 Å². The minimum Gasteiger partial charge on any atom is -0.390 e. The van der Waals surface area contributed by atoms with E-state index >= 15 is 0 Å². The number of aromatic nitrogens is 1. The van der Waals surface area contributed by atoms with Crippen LogP contribution < -0.4 is 4.90 Å². The summed E-state index contributed by atoms with van der Waals surface area (Å²) in [6.45, 7) is 2.19. The predicted molar refractivity (Wildman–Crippen MR) is 88.5 cm³/mol. The van der Waals surface area contributed by atoms with Gasteiger partial charge in [-0.05, 0) is 24.8 Å². The molecule has 0 aliphatic heterocycles. The second-order valence-electron chi connectivity index (χ2n) is 4.94. The van der Waals surface area contributed by atoms with Gasteiger partial charge in [0.25, 0.3) is 0 Å². The smallest absolute Gasteiger partial charge is 0.0854 e. The Morgan fingerprint density at radius 3 is 2.75 bits per heavy atom. The van der Waals surface area contributed by atoms with Crippen LogP contribution in [0.5, 0.6) is 0 Å². The van der Waals surface area contributed by atoms with Crippen molar-refractivity contribution in [3.05, 3.63) is 36.0 Å². The lowest BCUT2D eigenvalue weighted by atomic mass is 10.1. The molecular weight excluding hydrogens is 268 g/mol. The third kappa shape index (κ3) is 3.07. The first kappa shape index (κ1) is 15.1. The Bertz CT molecular complexity index is 573. The fraction of sp³-hybridized carbons (Fsp3) is 0.438. The van der Waals surface area contributed by atoms with Crippen LogP contribution in [0.25, 0.3) is 10.9 Å². The zero-order valence-corrected chi connectivity index (χ0v) is 13.2. The van der Waals surface area contributed by atoms with Crippen molar-refractivity contribution >= 4 is 28.4 Å². The molecule has 0 bridgehead atoms. The second-order valence-corrected chi connectivity index (χ2v) is 5.85. The number of anilines is 1. The van der Waals surface area contributed by atoms with Crippen molar-refractivity contribution < 1.29 is 5.11 Å². The van der Waals surface area contributed by atoms with Gasteiger partial charge in [-0.25, -0.2) is 0 Å². The Hall–Kier alpha value is -1.26. The fourth-order valence-electron chi connectivity index (χ4n) is 2.48. The molecule has 1 unspecified atom stereocenters. The second kappa shape index (κ2) is 6.95. The van der Waals surface area contributed by atoms with Crippen LogP contribution in [-0.4, -0.2) is 35.2 Å². The molecule has 0 aliphatic rings. The van der Waals surface area contributed by atoms with Crippen molar-refractivity contribution in [1.82, 2.24) is 4.98 Å². The predicted octanol–water partition coefficient (Wildman–Crippen LogP) is 3.30. The molecule has 0 aliphatic carbocycles. The summed E-state index contributed by atoms with van der Waals surface area (Å²) in [6, 6.07) is 10.6. The Balaban J connectivity index is 2.50. The number of rotatable bonds is 6. The Morgan fingerprint density at radius 2 is 2.10 bits per heavy atom. The zero-order chi connectivity index (χ0) is 14.5. The van der Waals surface area contributed by atoms with E-state index in [2.05, 4.69) is 36.2 Å². The highest BCUT2D eigenvalue weighted by Gasteiger charge is 2.16. The van der Waals surface area contributed by atoms with Gasteiger partial charge in [-0.3, -0.25) is 4.98 Å². The summed E-state index contributed by atoms with van der Waals surface area (Å²) in [5, 5.41) is 10.6. The topological polar surface area (TPSA) is 36.4 Å². The van der Waals surface area contributed by atoms with E-state index in [1.165, 1.54) is 0 Å². The monoisotopic (exact) mass is 290 g/mol. The molecular formula is C16H22N2OS. The number of aliphatic hydroxyl groups excluding tert-OH is 1. The van der Waals surface area contributed by atoms with Gasteiger partial charge >= 0.3 is 0 Å². The van der Waals surface area contributed by atoms with Gasteiger partial charge in [-0.15, -0.1) is 0 Å². The summed E-state index contributed by atoms with van der Waals surface area (Å²) in [5.74, 6) is 1.10.